The fourth-order valence-electron chi connectivity index (χ4n) is 5.71. The van der Waals surface area contributed by atoms with Crippen molar-refractivity contribution in [1.29, 1.82) is 0 Å². The maximum Gasteiger partial charge on any atom is 0.332 e. The molecule has 0 radical (unpaired) electrons. The second-order valence-electron chi connectivity index (χ2n) is 9.47. The first-order valence-corrected chi connectivity index (χ1v) is 10.8. The molecule has 6 nitrogen and oxygen atoms in total. The molecule has 6 heteroatoms. The van der Waals surface area contributed by atoms with Crippen LogP contribution in [0.4, 0.5) is 0 Å². The van der Waals surface area contributed by atoms with Crippen LogP contribution in [0.15, 0.2) is 18.2 Å². The molecule has 0 unspecified atom stereocenters. The molecule has 0 amide bonds. The summed E-state index contributed by atoms with van der Waals surface area (Å²) >= 11 is 0. The van der Waals surface area contributed by atoms with Crippen LogP contribution in [-0.2, 0) is 31.8 Å². The van der Waals surface area contributed by atoms with E-state index in [0.29, 0.717) is 0 Å². The maximum absolute atomic E-state index is 11.7. The number of carbonyl (C=O) groups excluding carboxylic acids is 1. The van der Waals surface area contributed by atoms with Crippen LogP contribution in [0.25, 0.3) is 0 Å². The van der Waals surface area contributed by atoms with Gasteiger partial charge in [0.1, 0.15) is 12.4 Å². The number of fused-ring (bicyclic) bond motifs is 2. The molecule has 0 bridgehead atoms. The lowest BCUT2D eigenvalue weighted by Gasteiger charge is -2.49. The van der Waals surface area contributed by atoms with E-state index in [1.54, 1.807) is 7.11 Å². The molecule has 0 aromatic heterocycles. The minimum atomic E-state index is -0.362. The molecule has 2 aliphatic carbocycles. The third kappa shape index (κ3) is 4.36. The van der Waals surface area contributed by atoms with Gasteiger partial charge < -0.3 is 24.1 Å². The lowest BCUT2D eigenvalue weighted by atomic mass is 9.55. The fourth-order valence-corrected chi connectivity index (χ4v) is 5.71. The summed E-state index contributed by atoms with van der Waals surface area (Å²) in [5.74, 6) is 0.695. The average Bonchev–Trinajstić information content (AvgIpc) is 2.87. The van der Waals surface area contributed by atoms with E-state index in [1.807, 2.05) is 19.1 Å². The summed E-state index contributed by atoms with van der Waals surface area (Å²) in [6.45, 7) is 6.73. The van der Waals surface area contributed by atoms with Crippen molar-refractivity contribution < 1.29 is 28.8 Å². The van der Waals surface area contributed by atoms with Gasteiger partial charge >= 0.3 is 5.97 Å². The van der Waals surface area contributed by atoms with Gasteiger partial charge in [-0.3, -0.25) is 0 Å². The molecule has 1 fully saturated rings. The largest absolute Gasteiger partial charge is 0.467 e. The zero-order valence-electron chi connectivity index (χ0n) is 18.9. The molecule has 1 N–H and O–H groups in total. The number of benzene rings is 1. The molecule has 5 atom stereocenters. The zero-order valence-corrected chi connectivity index (χ0v) is 18.9. The Morgan fingerprint density at radius 1 is 1.23 bits per heavy atom. The Kier molecular flexibility index (Phi) is 7.10. The van der Waals surface area contributed by atoms with Gasteiger partial charge in [0.05, 0.1) is 12.2 Å². The zero-order chi connectivity index (χ0) is 21.9. The van der Waals surface area contributed by atoms with Gasteiger partial charge in [0, 0.05) is 14.2 Å². The molecule has 30 heavy (non-hydrogen) atoms. The van der Waals surface area contributed by atoms with Crippen LogP contribution in [0.5, 0.6) is 5.75 Å². The first kappa shape index (κ1) is 23.0. The lowest BCUT2D eigenvalue weighted by molar-refractivity contribution is -0.153. The number of carbonyl (C=O) groups is 1. The number of rotatable bonds is 9. The Morgan fingerprint density at radius 3 is 2.70 bits per heavy atom. The molecule has 1 saturated carbocycles. The SMILES string of the molecule is COCOc1cccc2c1C[C@@]1(C)C[C@@H](O)[C@H](CC[C@H](C)OC(=O)COC)[C@@]1(C)C2. The van der Waals surface area contributed by atoms with Crippen LogP contribution in [0, 0.1) is 16.7 Å². The summed E-state index contributed by atoms with van der Waals surface area (Å²) in [7, 11) is 3.11. The maximum atomic E-state index is 11.7. The normalized spacial score (nSPS) is 31.0. The Hall–Kier alpha value is -1.63. The van der Waals surface area contributed by atoms with E-state index in [9.17, 15) is 9.90 Å². The van der Waals surface area contributed by atoms with Crippen LogP contribution < -0.4 is 4.74 Å². The summed E-state index contributed by atoms with van der Waals surface area (Å²) in [4.78, 5) is 11.7. The summed E-state index contributed by atoms with van der Waals surface area (Å²) in [6, 6.07) is 6.22. The molecule has 1 aromatic rings. The highest BCUT2D eigenvalue weighted by Crippen LogP contribution is 2.63. The van der Waals surface area contributed by atoms with Crippen molar-refractivity contribution in [2.75, 3.05) is 27.6 Å². The quantitative estimate of drug-likeness (QED) is 0.487. The van der Waals surface area contributed by atoms with Crippen molar-refractivity contribution in [3.05, 3.63) is 29.3 Å². The average molecular weight is 421 g/mol. The number of esters is 1. The van der Waals surface area contributed by atoms with Crippen molar-refractivity contribution in [2.45, 2.75) is 65.1 Å². The first-order valence-electron chi connectivity index (χ1n) is 10.8. The molecule has 1 aromatic carbocycles. The standard InChI is InChI=1S/C24H36O6/c1-16(30-22(26)14-27-4)9-10-19-20(25)13-23(2)12-18-17(11-24(19,23)3)7-6-8-21(18)29-15-28-5/h6-8,16,19-20,25H,9-15H2,1-5H3/t16-,19-,20+,23-,24+/m0/s1. The van der Waals surface area contributed by atoms with E-state index in [0.717, 1.165) is 37.9 Å². The van der Waals surface area contributed by atoms with E-state index in [1.165, 1.54) is 18.2 Å². The van der Waals surface area contributed by atoms with Gasteiger partial charge in [-0.1, -0.05) is 26.0 Å². The number of hydrogen-bond acceptors (Lipinski definition) is 6. The number of aliphatic hydroxyl groups is 1. The van der Waals surface area contributed by atoms with Crippen LogP contribution >= 0.6 is 0 Å². The molecule has 3 rings (SSSR count). The second kappa shape index (κ2) is 9.25. The molecule has 168 valence electrons. The highest BCUT2D eigenvalue weighted by molar-refractivity contribution is 5.70. The first-order chi connectivity index (χ1) is 14.2. The minimum Gasteiger partial charge on any atom is -0.467 e. The van der Waals surface area contributed by atoms with Gasteiger partial charge in [-0.15, -0.1) is 0 Å². The van der Waals surface area contributed by atoms with E-state index in [2.05, 4.69) is 19.9 Å². The van der Waals surface area contributed by atoms with Crippen molar-refractivity contribution in [1.82, 2.24) is 0 Å². The van der Waals surface area contributed by atoms with E-state index >= 15 is 0 Å². The Morgan fingerprint density at radius 2 is 2.00 bits per heavy atom. The fraction of sp³-hybridized carbons (Fsp3) is 0.708. The summed E-state index contributed by atoms with van der Waals surface area (Å²) in [5.41, 5.74) is 2.48. The van der Waals surface area contributed by atoms with E-state index in [4.69, 9.17) is 18.9 Å². The van der Waals surface area contributed by atoms with E-state index < -0.39 is 0 Å². The number of aliphatic hydroxyl groups excluding tert-OH is 1. The molecule has 0 saturated heterocycles. The highest BCUT2D eigenvalue weighted by atomic mass is 16.7. The Bertz CT molecular complexity index is 749. The number of methoxy groups -OCH3 is 2. The Labute approximate surface area is 179 Å². The minimum absolute atomic E-state index is 0.0212. The monoisotopic (exact) mass is 420 g/mol. The smallest absolute Gasteiger partial charge is 0.332 e. The van der Waals surface area contributed by atoms with Gasteiger partial charge in [0.2, 0.25) is 0 Å². The van der Waals surface area contributed by atoms with Gasteiger partial charge in [-0.05, 0) is 73.0 Å². The highest BCUT2D eigenvalue weighted by Gasteiger charge is 2.60. The van der Waals surface area contributed by atoms with Crippen molar-refractivity contribution in [3.8, 4) is 5.75 Å². The Balaban J connectivity index is 1.76. The molecule has 0 aliphatic heterocycles. The van der Waals surface area contributed by atoms with Gasteiger partial charge in [0.15, 0.2) is 6.79 Å². The third-order valence-electron chi connectivity index (χ3n) is 7.49. The van der Waals surface area contributed by atoms with Crippen molar-refractivity contribution in [2.24, 2.45) is 16.7 Å². The topological polar surface area (TPSA) is 74.2 Å². The molecular weight excluding hydrogens is 384 g/mol. The predicted octanol–water partition coefficient (Wildman–Crippen LogP) is 3.52. The predicted molar refractivity (Wildman–Crippen MR) is 113 cm³/mol. The van der Waals surface area contributed by atoms with E-state index in [-0.39, 0.29) is 48.3 Å². The molecule has 0 heterocycles. The number of ether oxygens (including phenoxy) is 4. The summed E-state index contributed by atoms with van der Waals surface area (Å²) in [5, 5.41) is 11.0. The summed E-state index contributed by atoms with van der Waals surface area (Å²) in [6.07, 6.45) is 3.55. The van der Waals surface area contributed by atoms with Crippen molar-refractivity contribution >= 4 is 5.97 Å². The van der Waals surface area contributed by atoms with Crippen LogP contribution in [-0.4, -0.2) is 50.9 Å². The molecule has 2 aliphatic rings. The van der Waals surface area contributed by atoms with Crippen LogP contribution in [0.3, 0.4) is 0 Å². The molecular formula is C24H36O6. The van der Waals surface area contributed by atoms with Crippen LogP contribution in [0.1, 0.15) is 51.2 Å². The van der Waals surface area contributed by atoms with Gasteiger partial charge in [-0.2, -0.15) is 0 Å². The second-order valence-corrected chi connectivity index (χ2v) is 9.47. The summed E-state index contributed by atoms with van der Waals surface area (Å²) < 4.78 is 21.2. The van der Waals surface area contributed by atoms with Crippen molar-refractivity contribution in [3.63, 3.8) is 0 Å². The lowest BCUT2D eigenvalue weighted by Crippen LogP contribution is -2.44. The molecule has 0 spiro atoms. The van der Waals surface area contributed by atoms with Gasteiger partial charge in [-0.25, -0.2) is 4.79 Å². The van der Waals surface area contributed by atoms with Crippen LogP contribution in [0.2, 0.25) is 0 Å². The van der Waals surface area contributed by atoms with Gasteiger partial charge in [0.25, 0.3) is 0 Å². The number of hydrogen-bond donors (Lipinski definition) is 1. The third-order valence-corrected chi connectivity index (χ3v) is 7.49.